The highest BCUT2D eigenvalue weighted by Gasteiger charge is 2.11. The van der Waals surface area contributed by atoms with E-state index in [0.717, 1.165) is 10.0 Å². The maximum atomic E-state index is 13.1. The minimum absolute atomic E-state index is 0.000943. The van der Waals surface area contributed by atoms with E-state index in [4.69, 9.17) is 21.1 Å². The van der Waals surface area contributed by atoms with Crippen LogP contribution in [0, 0.1) is 5.82 Å². The zero-order valence-corrected chi connectivity index (χ0v) is 23.1. The Balaban J connectivity index is 0.000000211. The van der Waals surface area contributed by atoms with Crippen molar-refractivity contribution in [2.24, 2.45) is 0 Å². The van der Waals surface area contributed by atoms with Gasteiger partial charge in [-0.3, -0.25) is 0 Å². The number of phenols is 2. The predicted octanol–water partition coefficient (Wildman–Crippen LogP) is 6.33. The number of nitrogens with zero attached hydrogens (tertiary/aromatic N) is 3. The summed E-state index contributed by atoms with van der Waals surface area (Å²) in [7, 11) is 3.00. The second-order valence-electron chi connectivity index (χ2n) is 7.83. The van der Waals surface area contributed by atoms with Crippen LogP contribution in [0.5, 0.6) is 23.4 Å². The Morgan fingerprint density at radius 1 is 0.947 bits per heavy atom. The van der Waals surface area contributed by atoms with E-state index in [-0.39, 0.29) is 35.2 Å². The summed E-state index contributed by atoms with van der Waals surface area (Å²) in [5.41, 5.74) is 1.23. The molecule has 0 saturated heterocycles. The summed E-state index contributed by atoms with van der Waals surface area (Å²) in [5.74, 6) is 1.47. The molecule has 2 heterocycles. The monoisotopic (exact) mass is 605 g/mol. The molecule has 0 radical (unpaired) electrons. The third-order valence-electron chi connectivity index (χ3n) is 5.10. The SMILES string of the molecule is COc1cc(Br)cc(NC(C)c2ccccc2O)n1.COc1nc(Cl)cc(NCc2cc(F)ccc2O)n1. The van der Waals surface area contributed by atoms with Gasteiger partial charge in [-0.05, 0) is 37.3 Å². The van der Waals surface area contributed by atoms with Gasteiger partial charge in [0.1, 0.15) is 34.1 Å². The van der Waals surface area contributed by atoms with E-state index in [1.807, 2.05) is 25.1 Å². The number of para-hydroxylation sites is 1. The van der Waals surface area contributed by atoms with Crippen molar-refractivity contribution in [3.8, 4) is 23.4 Å². The molecule has 0 aliphatic heterocycles. The largest absolute Gasteiger partial charge is 0.508 e. The molecule has 0 aliphatic rings. The van der Waals surface area contributed by atoms with Crippen molar-refractivity contribution < 1.29 is 24.1 Å². The van der Waals surface area contributed by atoms with Crippen molar-refractivity contribution in [1.29, 1.82) is 0 Å². The number of anilines is 2. The van der Waals surface area contributed by atoms with Gasteiger partial charge in [-0.25, -0.2) is 4.39 Å². The van der Waals surface area contributed by atoms with E-state index in [9.17, 15) is 14.6 Å². The highest BCUT2D eigenvalue weighted by atomic mass is 79.9. The number of hydrogen-bond acceptors (Lipinski definition) is 9. The fourth-order valence-corrected chi connectivity index (χ4v) is 3.85. The molecule has 4 rings (SSSR count). The third kappa shape index (κ3) is 8.35. The smallest absolute Gasteiger partial charge is 0.319 e. The molecule has 0 bridgehead atoms. The summed E-state index contributed by atoms with van der Waals surface area (Å²) in [5, 5.41) is 25.8. The zero-order chi connectivity index (χ0) is 27.7. The molecule has 9 nitrogen and oxygen atoms in total. The molecule has 4 N–H and O–H groups in total. The van der Waals surface area contributed by atoms with Gasteiger partial charge in [-0.2, -0.15) is 15.0 Å². The third-order valence-corrected chi connectivity index (χ3v) is 5.75. The second-order valence-corrected chi connectivity index (χ2v) is 9.13. The summed E-state index contributed by atoms with van der Waals surface area (Å²) in [6.07, 6.45) is 0. The normalized spacial score (nSPS) is 11.1. The average molecular weight is 607 g/mol. The lowest BCUT2D eigenvalue weighted by Gasteiger charge is -2.16. The van der Waals surface area contributed by atoms with Crippen LogP contribution in [-0.4, -0.2) is 39.4 Å². The minimum Gasteiger partial charge on any atom is -0.508 e. The zero-order valence-electron chi connectivity index (χ0n) is 20.7. The van der Waals surface area contributed by atoms with Crippen LogP contribution in [-0.2, 0) is 6.54 Å². The van der Waals surface area contributed by atoms with E-state index >= 15 is 0 Å². The van der Waals surface area contributed by atoms with Crippen molar-refractivity contribution in [1.82, 2.24) is 15.0 Å². The van der Waals surface area contributed by atoms with Gasteiger partial charge in [0.15, 0.2) is 0 Å². The molecule has 0 saturated carbocycles. The van der Waals surface area contributed by atoms with Crippen molar-refractivity contribution in [3.63, 3.8) is 0 Å². The number of methoxy groups -OCH3 is 2. The van der Waals surface area contributed by atoms with E-state index in [1.165, 1.54) is 31.4 Å². The Morgan fingerprint density at radius 2 is 1.71 bits per heavy atom. The Labute approximate surface area is 232 Å². The van der Waals surface area contributed by atoms with Crippen LogP contribution in [0.2, 0.25) is 5.15 Å². The van der Waals surface area contributed by atoms with E-state index in [1.54, 1.807) is 25.3 Å². The molecule has 2 aromatic heterocycles. The standard InChI is InChI=1S/C14H15BrN2O2.C12H11ClFN3O2/c1-9(11-5-3-4-6-12(11)18)16-13-7-10(15)8-14(17-13)19-2;1-19-12-16-10(13)5-11(17-12)15-6-7-4-8(14)2-3-9(7)18/h3-9,18H,1-2H3,(H,16,17);2-5,18H,6H2,1H3,(H,15,16,17). The molecule has 0 fully saturated rings. The summed E-state index contributed by atoms with van der Waals surface area (Å²) in [6, 6.07) is 16.2. The molecule has 2 aromatic carbocycles. The number of rotatable bonds is 8. The highest BCUT2D eigenvalue weighted by Crippen LogP contribution is 2.28. The topological polar surface area (TPSA) is 122 Å². The predicted molar refractivity (Wildman–Crippen MR) is 148 cm³/mol. The highest BCUT2D eigenvalue weighted by molar-refractivity contribution is 9.10. The quantitative estimate of drug-likeness (QED) is 0.171. The Bertz CT molecular complexity index is 1380. The number of aromatic nitrogens is 3. The van der Waals surface area contributed by atoms with Gasteiger partial charge in [0.2, 0.25) is 5.88 Å². The summed E-state index contributed by atoms with van der Waals surface area (Å²) in [4.78, 5) is 12.1. The van der Waals surface area contributed by atoms with Crippen LogP contribution < -0.4 is 20.1 Å². The van der Waals surface area contributed by atoms with Crippen molar-refractivity contribution in [3.05, 3.63) is 87.2 Å². The molecule has 1 atom stereocenters. The number of hydrogen-bond donors (Lipinski definition) is 4. The molecule has 1 unspecified atom stereocenters. The Kier molecular flexibility index (Phi) is 10.3. The van der Waals surface area contributed by atoms with Gasteiger partial charge >= 0.3 is 6.01 Å². The molecule has 0 amide bonds. The lowest BCUT2D eigenvalue weighted by atomic mass is 10.1. The molecule has 0 spiro atoms. The molecule has 4 aromatic rings. The van der Waals surface area contributed by atoms with Crippen LogP contribution in [0.25, 0.3) is 0 Å². The van der Waals surface area contributed by atoms with Gasteiger partial charge in [-0.1, -0.05) is 45.7 Å². The van der Waals surface area contributed by atoms with Gasteiger partial charge in [-0.15, -0.1) is 0 Å². The first-order valence-corrected chi connectivity index (χ1v) is 12.4. The summed E-state index contributed by atoms with van der Waals surface area (Å²) >= 11 is 9.19. The number of ether oxygens (including phenoxy) is 2. The molecular formula is C26H26BrClFN5O4. The van der Waals surface area contributed by atoms with Crippen molar-refractivity contribution in [2.75, 3.05) is 24.9 Å². The van der Waals surface area contributed by atoms with E-state index in [2.05, 4.69) is 41.5 Å². The van der Waals surface area contributed by atoms with Gasteiger partial charge in [0, 0.05) is 34.3 Å². The van der Waals surface area contributed by atoms with Crippen LogP contribution in [0.3, 0.4) is 0 Å². The first-order valence-electron chi connectivity index (χ1n) is 11.2. The van der Waals surface area contributed by atoms with Crippen LogP contribution >= 0.6 is 27.5 Å². The molecule has 0 aliphatic carbocycles. The van der Waals surface area contributed by atoms with Gasteiger partial charge < -0.3 is 30.3 Å². The van der Waals surface area contributed by atoms with E-state index in [0.29, 0.717) is 23.1 Å². The maximum Gasteiger partial charge on any atom is 0.319 e. The molecule has 200 valence electrons. The maximum absolute atomic E-state index is 13.1. The number of phenolic OH excluding ortho intramolecular Hbond substituents is 2. The van der Waals surface area contributed by atoms with Crippen LogP contribution in [0.4, 0.5) is 16.0 Å². The first kappa shape index (κ1) is 28.7. The lowest BCUT2D eigenvalue weighted by molar-refractivity contribution is 0.380. The number of nitrogens with one attached hydrogen (secondary N) is 2. The van der Waals surface area contributed by atoms with Crippen LogP contribution in [0.1, 0.15) is 24.1 Å². The molecule has 12 heteroatoms. The van der Waals surface area contributed by atoms with Gasteiger partial charge in [0.25, 0.3) is 0 Å². The average Bonchev–Trinajstić information content (AvgIpc) is 2.89. The number of aromatic hydroxyl groups is 2. The molecular weight excluding hydrogens is 581 g/mol. The van der Waals surface area contributed by atoms with Crippen molar-refractivity contribution >= 4 is 39.2 Å². The number of benzene rings is 2. The van der Waals surface area contributed by atoms with Gasteiger partial charge in [0.05, 0.1) is 20.3 Å². The minimum atomic E-state index is -0.423. The first-order chi connectivity index (χ1) is 18.2. The number of halogens is 3. The fraction of sp³-hybridized carbons (Fsp3) is 0.192. The molecule has 38 heavy (non-hydrogen) atoms. The fourth-order valence-electron chi connectivity index (χ4n) is 3.27. The number of pyridine rings is 1. The van der Waals surface area contributed by atoms with Crippen molar-refractivity contribution in [2.45, 2.75) is 19.5 Å². The lowest BCUT2D eigenvalue weighted by Crippen LogP contribution is -2.08. The second kappa shape index (κ2) is 13.6. The van der Waals surface area contributed by atoms with E-state index < -0.39 is 5.82 Å². The van der Waals surface area contributed by atoms with Crippen LogP contribution in [0.15, 0.2) is 65.1 Å². The Hall–Kier alpha value is -3.83. The summed E-state index contributed by atoms with van der Waals surface area (Å²) < 4.78 is 23.9. The summed E-state index contributed by atoms with van der Waals surface area (Å²) in [6.45, 7) is 2.16. The Morgan fingerprint density at radius 3 is 2.42 bits per heavy atom.